The summed E-state index contributed by atoms with van der Waals surface area (Å²) in [6.07, 6.45) is 71.8. The van der Waals surface area contributed by atoms with E-state index < -0.39 is 29.1 Å². The number of hydrogen-bond donors (Lipinski definition) is 5. The van der Waals surface area contributed by atoms with Crippen LogP contribution in [0.4, 0.5) is 4.39 Å². The maximum atomic E-state index is 13.3. The molecule has 21 aliphatic carbocycles. The van der Waals surface area contributed by atoms with E-state index in [9.17, 15) is 44.3 Å². The summed E-state index contributed by atoms with van der Waals surface area (Å²) in [4.78, 5) is 45.1. The van der Waals surface area contributed by atoms with Gasteiger partial charge in [0.05, 0.1) is 46.0 Å². The monoisotopic (exact) mass is 1930 g/mol. The van der Waals surface area contributed by atoms with E-state index in [-0.39, 0.29) is 27.8 Å². The van der Waals surface area contributed by atoms with Crippen LogP contribution >= 0.6 is 35.3 Å². The van der Waals surface area contributed by atoms with Gasteiger partial charge in [0, 0.05) is 49.2 Å². The predicted octanol–water partition coefficient (Wildman–Crippen LogP) is 26.3. The van der Waals surface area contributed by atoms with E-state index in [1.165, 1.54) is 244 Å². The van der Waals surface area contributed by atoms with E-state index >= 15 is 0 Å². The highest BCUT2D eigenvalue weighted by Crippen LogP contribution is 2.73. The molecule has 0 radical (unpaired) electrons. The summed E-state index contributed by atoms with van der Waals surface area (Å²) in [7, 11) is 0. The summed E-state index contributed by atoms with van der Waals surface area (Å²) in [5.74, 6) is 33.6. The second kappa shape index (κ2) is 40.9. The standard InChI is InChI=1S/C26H43NO.C26H38O2S.C25H38N2O.C22H35FO2S.C22H36O2S/c1-18(17-27-14-4-5-15-27)23-8-9-24-22-7-6-19-16-25(2,28)12-10-20(19)21(22)11-13-26(23,24)3;1-25-12-10-20-19-11-14-26(28,13-9-17-3-4-17)15-18(19)5-6-21(20)22(25)7-8-23(25)24(27)16-29-2;1-17(15-27-13-12-26-16-27)22-6-7-23-21-5-4-18-14-24(2,28)10-8-19(18)20(21)9-11-25(22,23)3;1-21-9-7-16-15-8-10-22(25,13-23)11-14(15)3-4-17(16)18(21)5-6-19(21)20(24)12-26-2;1-21(24)10-8-15-14(12-21)4-5-17-16(15)9-11-22(2)18(17)6-7-19(22)20(23)13-25-3/h19-24,28H,1,4-17H2,2-3H3;17-23,28H,3-8,10-12,14-16H2,1-2H3;12-13,16,18-23,28H,1,4-11,14-15H2,2-3H3;14-19,25H,3-13H2,1-2H3;14-19,24H,4-13H2,1-3H3/t19-,20-,21+,22+,23+,24-,25+,26+;18-,19-,20+,21+,22-,23+,25-,26+;18-,19-,20+,21+,22+,23-,24+,25+;14-,15-,16+,17+,18-,19+,21-,22+;14-,15-,16+,17+,18-,19+,21+,22-/m00000/s1. The van der Waals surface area contributed by atoms with Crippen molar-refractivity contribution in [1.29, 1.82) is 0 Å². The molecule has 22 fully saturated rings. The molecule has 0 amide bonds. The molecule has 40 atom stereocenters. The number of aromatic nitrogens is 2. The van der Waals surface area contributed by atoms with Gasteiger partial charge in [-0.2, -0.15) is 35.3 Å². The number of nitrogens with zero attached hydrogens (tertiary/aromatic N) is 3. The number of imidazole rings is 1. The number of carbonyl (C=O) groups is 3. The predicted molar refractivity (Wildman–Crippen MR) is 558 cm³/mol. The zero-order chi connectivity index (χ0) is 95.6. The minimum Gasteiger partial charge on any atom is -0.390 e. The van der Waals surface area contributed by atoms with Crippen molar-refractivity contribution >= 4 is 52.6 Å². The minimum absolute atomic E-state index is 0.217. The maximum Gasteiger partial charge on any atom is 0.146 e. The van der Waals surface area contributed by atoms with Gasteiger partial charge in [0.25, 0.3) is 0 Å². The summed E-state index contributed by atoms with van der Waals surface area (Å²) in [6.45, 7) is 32.1. The topological polar surface area (TPSA) is 173 Å². The Bertz CT molecular complexity index is 4390. The van der Waals surface area contributed by atoms with Crippen molar-refractivity contribution in [2.75, 3.05) is 62.3 Å². The molecule has 1 aliphatic heterocycles. The molecule has 23 rings (SSSR count). The van der Waals surface area contributed by atoms with Crippen LogP contribution in [0.2, 0.25) is 0 Å². The van der Waals surface area contributed by atoms with Gasteiger partial charge in [0.1, 0.15) is 29.6 Å². The van der Waals surface area contributed by atoms with Crippen molar-refractivity contribution in [2.45, 2.75) is 405 Å². The highest BCUT2D eigenvalue weighted by Gasteiger charge is 2.66. The zero-order valence-electron chi connectivity index (χ0n) is 87.3. The molecule has 1 aromatic heterocycles. The normalized spacial score (nSPS) is 50.1. The number of thioether (sulfide) groups is 3. The van der Waals surface area contributed by atoms with Gasteiger partial charge in [-0.25, -0.2) is 9.37 Å². The highest BCUT2D eigenvalue weighted by molar-refractivity contribution is 7.99. The van der Waals surface area contributed by atoms with Crippen LogP contribution in [0.5, 0.6) is 0 Å². The molecular formula is C121H190FN3O8S3. The van der Waals surface area contributed by atoms with Crippen molar-refractivity contribution in [3.05, 3.63) is 43.0 Å². The summed E-state index contributed by atoms with van der Waals surface area (Å²) in [5, 5.41) is 53.2. The number of alkyl halides is 1. The van der Waals surface area contributed by atoms with Crippen LogP contribution < -0.4 is 0 Å². The van der Waals surface area contributed by atoms with E-state index in [0.717, 1.165) is 220 Å². The fourth-order valence-electron chi connectivity index (χ4n) is 41.5. The molecule has 15 heteroatoms. The number of rotatable bonds is 16. The molecule has 21 saturated carbocycles. The summed E-state index contributed by atoms with van der Waals surface area (Å²) < 4.78 is 15.5. The number of aliphatic hydroxyl groups is 5. The average molecular weight is 1930 g/mol. The van der Waals surface area contributed by atoms with Gasteiger partial charge in [-0.05, 0) is 554 Å². The Morgan fingerprint density at radius 1 is 0.360 bits per heavy atom. The van der Waals surface area contributed by atoms with Crippen molar-refractivity contribution in [3.8, 4) is 11.8 Å². The molecule has 2 heterocycles. The fourth-order valence-corrected chi connectivity index (χ4v) is 43.0. The first-order chi connectivity index (χ1) is 64.9. The highest BCUT2D eigenvalue weighted by atomic mass is 32.2. The van der Waals surface area contributed by atoms with Crippen LogP contribution in [-0.2, 0) is 20.9 Å². The van der Waals surface area contributed by atoms with Crippen molar-refractivity contribution in [1.82, 2.24) is 14.5 Å². The van der Waals surface area contributed by atoms with Crippen LogP contribution in [0.3, 0.4) is 0 Å². The van der Waals surface area contributed by atoms with Gasteiger partial charge in [-0.15, -0.1) is 0 Å². The lowest BCUT2D eigenvalue weighted by molar-refractivity contribution is -0.131. The number of halogens is 1. The van der Waals surface area contributed by atoms with Crippen LogP contribution in [-0.4, -0.2) is 148 Å². The Kier molecular flexibility index (Phi) is 30.9. The Balaban J connectivity index is 0.000000109. The smallest absolute Gasteiger partial charge is 0.146 e. The lowest BCUT2D eigenvalue weighted by atomic mass is 9.49. The summed E-state index contributed by atoms with van der Waals surface area (Å²) in [5.41, 5.74) is 1.75. The fraction of sp³-hybridized carbons (Fsp3) is 0.901. The molecular weight excluding hydrogens is 1740 g/mol. The largest absolute Gasteiger partial charge is 0.390 e. The van der Waals surface area contributed by atoms with Crippen molar-refractivity contribution in [2.24, 2.45) is 211 Å². The second-order valence-corrected chi connectivity index (χ2v) is 57.5. The van der Waals surface area contributed by atoms with Gasteiger partial charge in [0.2, 0.25) is 0 Å². The maximum absolute atomic E-state index is 13.3. The molecule has 0 bridgehead atoms. The first kappa shape index (κ1) is 103. The van der Waals surface area contributed by atoms with Gasteiger partial charge < -0.3 is 30.1 Å². The Morgan fingerprint density at radius 2 is 0.669 bits per heavy atom. The van der Waals surface area contributed by atoms with Crippen molar-refractivity contribution in [3.63, 3.8) is 0 Å². The molecule has 22 aliphatic rings. The van der Waals surface area contributed by atoms with E-state index in [4.69, 9.17) is 0 Å². The number of allylic oxidation sites excluding steroid dienone is 1. The molecule has 0 unspecified atom stereocenters. The van der Waals surface area contributed by atoms with Crippen LogP contribution in [0.25, 0.3) is 0 Å². The van der Waals surface area contributed by atoms with Crippen LogP contribution in [0.15, 0.2) is 43.0 Å². The molecule has 136 heavy (non-hydrogen) atoms. The lowest BCUT2D eigenvalue weighted by Crippen LogP contribution is -2.52. The van der Waals surface area contributed by atoms with Crippen LogP contribution in [0, 0.1) is 222 Å². The first-order valence-electron chi connectivity index (χ1n) is 57.7. The van der Waals surface area contributed by atoms with E-state index in [1.807, 2.05) is 25.7 Å². The third kappa shape index (κ3) is 20.1. The number of Topliss-reactive ketones (excluding diaryl/α,β-unsaturated/α-hetero) is 3. The van der Waals surface area contributed by atoms with Gasteiger partial charge in [-0.3, -0.25) is 19.3 Å². The molecule has 1 aromatic rings. The number of likely N-dealkylation sites (tertiary alicyclic amines) is 1. The Labute approximate surface area is 837 Å². The molecule has 1 saturated heterocycles. The first-order valence-corrected chi connectivity index (χ1v) is 61.9. The lowest BCUT2D eigenvalue weighted by Gasteiger charge is -2.57. The number of fused-ring (bicyclic) bond motifs is 25. The van der Waals surface area contributed by atoms with E-state index in [2.05, 4.69) is 107 Å². The minimum atomic E-state index is -1.04. The molecule has 0 aromatic carbocycles. The number of ketones is 3. The molecule has 762 valence electrons. The summed E-state index contributed by atoms with van der Waals surface area (Å²) >= 11 is 5.07. The average Bonchev–Trinajstić information content (AvgIpc) is 1.62. The quantitative estimate of drug-likeness (QED) is 0.0782. The Morgan fingerprint density at radius 3 is 1.00 bits per heavy atom. The molecule has 11 nitrogen and oxygen atoms in total. The SMILES string of the molecule is C=C(CN1CCCC1)[C@H]1CC[C@H]2[C@@H]3CC[C@H]4C[C@](C)(O)CC[C@@H]4[C@H]3CC[C@]12C.C=C(Cn1ccnc1)[C@H]1CC[C@H]2[C@@H]3CC[C@H]4C[C@](C)(O)CC[C@@H]4[C@H]3CC[C@]12C.CSCC(=O)[C@H]1CC[C@H]2[C@@H]3CC[C@H]4C[C@@](O)(C#CC5CC5)CC[C@@H]4[C@H]3CC[C@]12C.CSCC(=O)[C@H]1CC[C@H]2[C@@H]3CC[C@H]4C[C@@](O)(CF)CC[C@@H]4[C@H]3CC[C@]12C.CSCC(=O)[C@H]1CC[C@H]2[C@@H]3CC[C@H]4C[C@](C)(O)CC[C@@H]4[C@H]3CC[C@]12C. The van der Waals surface area contributed by atoms with Crippen molar-refractivity contribution < 1.29 is 44.3 Å². The molecule has 5 N–H and O–H groups in total. The van der Waals surface area contributed by atoms with Gasteiger partial charge in [-0.1, -0.05) is 70.8 Å². The van der Waals surface area contributed by atoms with Crippen LogP contribution in [0.1, 0.15) is 370 Å². The third-order valence-electron chi connectivity index (χ3n) is 47.7. The molecule has 0 spiro atoms. The van der Waals surface area contributed by atoms with Gasteiger partial charge >= 0.3 is 0 Å². The van der Waals surface area contributed by atoms with Gasteiger partial charge in [0.15, 0.2) is 0 Å². The van der Waals surface area contributed by atoms with E-state index in [0.29, 0.717) is 106 Å². The van der Waals surface area contributed by atoms with E-state index in [1.54, 1.807) is 40.9 Å². The number of hydrogen-bond acceptors (Lipinski definition) is 13. The Hall–Kier alpha value is -2.00. The number of carbonyl (C=O) groups excluding carboxylic acids is 3. The second-order valence-electron chi connectivity index (χ2n) is 54.9. The third-order valence-corrected chi connectivity index (χ3v) is 49.5. The summed E-state index contributed by atoms with van der Waals surface area (Å²) in [6, 6.07) is 0. The zero-order valence-corrected chi connectivity index (χ0v) is 89.7.